The van der Waals surface area contributed by atoms with Gasteiger partial charge in [-0.25, -0.2) is 0 Å². The van der Waals surface area contributed by atoms with Crippen molar-refractivity contribution in [1.29, 1.82) is 0 Å². The molecule has 0 atom stereocenters. The molecule has 0 aliphatic carbocycles. The minimum atomic E-state index is -4.71. The third kappa shape index (κ3) is 5.00. The van der Waals surface area contributed by atoms with Crippen LogP contribution < -0.4 is 10.5 Å². The fourth-order valence-electron chi connectivity index (χ4n) is 1.05. The number of hydrogen-bond donors (Lipinski definition) is 1. The van der Waals surface area contributed by atoms with Crippen LogP contribution in [0.5, 0.6) is 5.75 Å². The van der Waals surface area contributed by atoms with Crippen LogP contribution in [0.2, 0.25) is 0 Å². The summed E-state index contributed by atoms with van der Waals surface area (Å²) in [5, 5.41) is 0.693. The van der Waals surface area contributed by atoms with Crippen molar-refractivity contribution in [3.8, 4) is 17.6 Å². The standard InChI is InChI=1S/C11H9BrF3NO/c12-6-2-1-3-8-7-9(4-5-10(8)16)17-11(13,14)15/h4-5,7H,2,6,16H2. The summed E-state index contributed by atoms with van der Waals surface area (Å²) < 4.78 is 39.7. The summed E-state index contributed by atoms with van der Waals surface area (Å²) in [5.74, 6) is 5.13. The zero-order chi connectivity index (χ0) is 12.9. The van der Waals surface area contributed by atoms with E-state index < -0.39 is 6.36 Å². The predicted molar refractivity (Wildman–Crippen MR) is 62.8 cm³/mol. The average molecular weight is 308 g/mol. The quantitative estimate of drug-likeness (QED) is 0.517. The van der Waals surface area contributed by atoms with E-state index in [1.54, 1.807) is 0 Å². The summed E-state index contributed by atoms with van der Waals surface area (Å²) in [6.45, 7) is 0. The summed E-state index contributed by atoms with van der Waals surface area (Å²) >= 11 is 3.19. The van der Waals surface area contributed by atoms with Gasteiger partial charge < -0.3 is 10.5 Å². The topological polar surface area (TPSA) is 35.2 Å². The van der Waals surface area contributed by atoms with Crippen molar-refractivity contribution >= 4 is 21.6 Å². The Balaban J connectivity index is 2.92. The van der Waals surface area contributed by atoms with Gasteiger partial charge in [-0.2, -0.15) is 0 Å². The third-order valence-corrected chi connectivity index (χ3v) is 2.10. The van der Waals surface area contributed by atoms with Gasteiger partial charge in [-0.15, -0.1) is 13.2 Å². The highest BCUT2D eigenvalue weighted by Crippen LogP contribution is 2.25. The molecule has 1 aromatic carbocycles. The van der Waals surface area contributed by atoms with E-state index in [0.717, 1.165) is 6.07 Å². The molecule has 0 heterocycles. The van der Waals surface area contributed by atoms with Gasteiger partial charge in [0.05, 0.1) is 5.56 Å². The number of nitrogen functional groups attached to an aromatic ring is 1. The van der Waals surface area contributed by atoms with Crippen LogP contribution in [0.3, 0.4) is 0 Å². The Bertz CT molecular complexity index is 448. The van der Waals surface area contributed by atoms with Gasteiger partial charge in [0.2, 0.25) is 0 Å². The fraction of sp³-hybridized carbons (Fsp3) is 0.273. The van der Waals surface area contributed by atoms with Crippen LogP contribution in [0.15, 0.2) is 18.2 Å². The summed E-state index contributed by atoms with van der Waals surface area (Å²) in [7, 11) is 0. The second-order valence-corrected chi connectivity index (χ2v) is 3.83. The molecule has 0 fully saturated rings. The minimum absolute atomic E-state index is 0.321. The molecule has 1 rings (SSSR count). The first kappa shape index (κ1) is 13.7. The molecule has 0 saturated carbocycles. The molecule has 6 heteroatoms. The van der Waals surface area contributed by atoms with Crippen molar-refractivity contribution in [2.45, 2.75) is 12.8 Å². The first-order chi connectivity index (χ1) is 7.92. The van der Waals surface area contributed by atoms with Gasteiger partial charge in [-0.3, -0.25) is 0 Å². The summed E-state index contributed by atoms with van der Waals surface area (Å²) in [6.07, 6.45) is -4.12. The van der Waals surface area contributed by atoms with Crippen LogP contribution in [-0.4, -0.2) is 11.7 Å². The molecule has 2 nitrogen and oxygen atoms in total. The summed E-state index contributed by atoms with van der Waals surface area (Å²) in [5.41, 5.74) is 6.23. The van der Waals surface area contributed by atoms with E-state index in [0.29, 0.717) is 23.0 Å². The Hall–Kier alpha value is -1.35. The van der Waals surface area contributed by atoms with Crippen molar-refractivity contribution in [3.05, 3.63) is 23.8 Å². The second-order valence-electron chi connectivity index (χ2n) is 3.04. The van der Waals surface area contributed by atoms with Gasteiger partial charge >= 0.3 is 6.36 Å². The highest BCUT2D eigenvalue weighted by molar-refractivity contribution is 9.09. The molecule has 17 heavy (non-hydrogen) atoms. The number of rotatable bonds is 2. The smallest absolute Gasteiger partial charge is 0.406 e. The summed E-state index contributed by atoms with van der Waals surface area (Å²) in [6, 6.07) is 3.65. The van der Waals surface area contributed by atoms with Crippen molar-refractivity contribution in [2.75, 3.05) is 11.1 Å². The maximum Gasteiger partial charge on any atom is 0.573 e. The molecule has 0 bridgehead atoms. The van der Waals surface area contributed by atoms with Gasteiger partial charge in [0, 0.05) is 17.4 Å². The van der Waals surface area contributed by atoms with E-state index in [1.807, 2.05) is 0 Å². The Morgan fingerprint density at radius 1 is 1.35 bits per heavy atom. The molecule has 0 aliphatic heterocycles. The molecule has 2 N–H and O–H groups in total. The van der Waals surface area contributed by atoms with E-state index in [1.165, 1.54) is 12.1 Å². The van der Waals surface area contributed by atoms with E-state index in [4.69, 9.17) is 5.73 Å². The van der Waals surface area contributed by atoms with Crippen LogP contribution in [0.25, 0.3) is 0 Å². The lowest BCUT2D eigenvalue weighted by molar-refractivity contribution is -0.274. The van der Waals surface area contributed by atoms with Gasteiger partial charge in [-0.1, -0.05) is 27.8 Å². The Kier molecular flexibility index (Phi) is 4.70. The molecular formula is C11H9BrF3NO. The van der Waals surface area contributed by atoms with Crippen LogP contribution in [-0.2, 0) is 0 Å². The third-order valence-electron chi connectivity index (χ3n) is 1.70. The number of halogens is 4. The summed E-state index contributed by atoms with van der Waals surface area (Å²) in [4.78, 5) is 0. The first-order valence-corrected chi connectivity index (χ1v) is 5.74. The average Bonchev–Trinajstić information content (AvgIpc) is 2.21. The lowest BCUT2D eigenvalue weighted by atomic mass is 10.1. The largest absolute Gasteiger partial charge is 0.573 e. The molecule has 0 spiro atoms. The second kappa shape index (κ2) is 5.82. The predicted octanol–water partition coefficient (Wildman–Crippen LogP) is 3.30. The Morgan fingerprint density at radius 3 is 2.65 bits per heavy atom. The van der Waals surface area contributed by atoms with Gasteiger partial charge in [0.15, 0.2) is 0 Å². The molecule has 0 amide bonds. The molecular weight excluding hydrogens is 299 g/mol. The van der Waals surface area contributed by atoms with Crippen molar-refractivity contribution < 1.29 is 17.9 Å². The Morgan fingerprint density at radius 2 is 2.06 bits per heavy atom. The van der Waals surface area contributed by atoms with Gasteiger partial charge in [0.25, 0.3) is 0 Å². The molecule has 0 saturated heterocycles. The fourth-order valence-corrected chi connectivity index (χ4v) is 1.24. The van der Waals surface area contributed by atoms with Crippen LogP contribution >= 0.6 is 15.9 Å². The van der Waals surface area contributed by atoms with Crippen LogP contribution in [0.1, 0.15) is 12.0 Å². The molecule has 0 aromatic heterocycles. The number of nitrogens with two attached hydrogens (primary N) is 1. The van der Waals surface area contributed by atoms with Crippen LogP contribution in [0, 0.1) is 11.8 Å². The lowest BCUT2D eigenvalue weighted by Crippen LogP contribution is -2.17. The SMILES string of the molecule is Nc1ccc(OC(F)(F)F)cc1C#CCCBr. The molecule has 92 valence electrons. The maximum absolute atomic E-state index is 12.0. The maximum atomic E-state index is 12.0. The van der Waals surface area contributed by atoms with Crippen molar-refractivity contribution in [2.24, 2.45) is 0 Å². The molecule has 0 radical (unpaired) electrons. The van der Waals surface area contributed by atoms with E-state index in [-0.39, 0.29) is 5.75 Å². The molecule has 0 aliphatic rings. The zero-order valence-electron chi connectivity index (χ0n) is 8.64. The minimum Gasteiger partial charge on any atom is -0.406 e. The first-order valence-electron chi connectivity index (χ1n) is 4.62. The Labute approximate surface area is 105 Å². The van der Waals surface area contributed by atoms with Crippen molar-refractivity contribution in [3.63, 3.8) is 0 Å². The highest BCUT2D eigenvalue weighted by atomic mass is 79.9. The van der Waals surface area contributed by atoms with Crippen LogP contribution in [0.4, 0.5) is 18.9 Å². The van der Waals surface area contributed by atoms with E-state index in [2.05, 4.69) is 32.5 Å². The monoisotopic (exact) mass is 307 g/mol. The van der Waals surface area contributed by atoms with Gasteiger partial charge in [-0.05, 0) is 18.2 Å². The molecule has 0 unspecified atom stereocenters. The number of hydrogen-bond acceptors (Lipinski definition) is 2. The van der Waals surface area contributed by atoms with Crippen molar-refractivity contribution in [1.82, 2.24) is 0 Å². The van der Waals surface area contributed by atoms with Gasteiger partial charge in [0.1, 0.15) is 5.75 Å². The molecule has 1 aromatic rings. The lowest BCUT2D eigenvalue weighted by Gasteiger charge is -2.09. The number of anilines is 1. The van der Waals surface area contributed by atoms with E-state index >= 15 is 0 Å². The normalized spacial score (nSPS) is 10.6. The number of benzene rings is 1. The van der Waals surface area contributed by atoms with E-state index in [9.17, 15) is 13.2 Å². The number of alkyl halides is 4. The highest BCUT2D eigenvalue weighted by Gasteiger charge is 2.31. The number of ether oxygens (including phenoxy) is 1. The zero-order valence-corrected chi connectivity index (χ0v) is 10.2.